The molecular weight excluding hydrogens is 869 g/mol. The van der Waals surface area contributed by atoms with E-state index in [4.69, 9.17) is 23.9 Å². The van der Waals surface area contributed by atoms with Gasteiger partial charge in [0.05, 0.1) is 18.6 Å². The van der Waals surface area contributed by atoms with Crippen LogP contribution in [0.2, 0.25) is 0 Å². The summed E-state index contributed by atoms with van der Waals surface area (Å²) >= 11 is 0. The maximum Gasteiger partial charge on any atom is 0.416 e. The van der Waals surface area contributed by atoms with Gasteiger partial charge in [0.25, 0.3) is 5.91 Å². The highest BCUT2D eigenvalue weighted by Gasteiger charge is 2.31. The second kappa shape index (κ2) is 23.6. The van der Waals surface area contributed by atoms with Crippen LogP contribution in [0.25, 0.3) is 0 Å². The van der Waals surface area contributed by atoms with E-state index in [2.05, 4.69) is 20.7 Å². The predicted molar refractivity (Wildman–Crippen MR) is 247 cm³/mol. The van der Waals surface area contributed by atoms with Crippen LogP contribution in [0.3, 0.4) is 0 Å². The fourth-order valence-corrected chi connectivity index (χ4v) is 8.77. The molecule has 1 aromatic heterocycles. The van der Waals surface area contributed by atoms with Crippen molar-refractivity contribution in [2.45, 2.75) is 96.3 Å². The monoisotopic (exact) mass is 928 g/mol. The zero-order valence-electron chi connectivity index (χ0n) is 38.4. The quantitative estimate of drug-likeness (QED) is 0.0482. The van der Waals surface area contributed by atoms with Crippen molar-refractivity contribution in [1.82, 2.24) is 25.7 Å². The standard InChI is InChI=1S/C48H60N6O11S/c1-32-28-39(63-27-11-15-41(55)49-24-25-50-46(58)64-31-35-12-8-7-9-13-35)29-33(2)42(32)66(60,61)53-40(45(57)62-6)30-51-44(56)37-19-16-34(17-20-37)18-22-38-23-21-36-14-10-26-54(43(36)52-38)47(59)65-48(3,4)5/h7-9,12-13,16-17,19-21,23,28-29,40,53H,10-11,14-15,18,22,24-27,30-31H2,1-6H3,(H,49,55)(H,50,58)(H,51,56). The maximum absolute atomic E-state index is 13.7. The summed E-state index contributed by atoms with van der Waals surface area (Å²) in [7, 11) is -3.18. The molecule has 0 bridgehead atoms. The van der Waals surface area contributed by atoms with Gasteiger partial charge in [0, 0.05) is 43.9 Å². The van der Waals surface area contributed by atoms with Gasteiger partial charge in [0.2, 0.25) is 15.9 Å². The Labute approximate surface area is 386 Å². The molecule has 1 unspecified atom stereocenters. The van der Waals surface area contributed by atoms with Gasteiger partial charge in [-0.15, -0.1) is 0 Å². The number of nitrogens with one attached hydrogen (secondary N) is 4. The number of aryl methyl sites for hydroxylation is 5. The normalized spacial score (nSPS) is 12.8. The molecule has 1 aliphatic heterocycles. The van der Waals surface area contributed by atoms with E-state index in [1.807, 2.05) is 75.4 Å². The van der Waals surface area contributed by atoms with Crippen molar-refractivity contribution in [3.8, 4) is 5.75 Å². The Kier molecular flexibility index (Phi) is 18.0. The summed E-state index contributed by atoms with van der Waals surface area (Å²) in [5.41, 5.74) is 4.00. The van der Waals surface area contributed by atoms with Gasteiger partial charge >= 0.3 is 18.2 Å². The lowest BCUT2D eigenvalue weighted by molar-refractivity contribution is -0.142. The first-order valence-electron chi connectivity index (χ1n) is 21.8. The number of anilines is 1. The molecule has 0 spiro atoms. The minimum Gasteiger partial charge on any atom is -0.494 e. The van der Waals surface area contributed by atoms with Gasteiger partial charge in [-0.1, -0.05) is 48.5 Å². The molecule has 18 heteroatoms. The molecule has 0 saturated heterocycles. The van der Waals surface area contributed by atoms with Gasteiger partial charge < -0.3 is 34.9 Å². The summed E-state index contributed by atoms with van der Waals surface area (Å²) in [6, 6.07) is 21.8. The van der Waals surface area contributed by atoms with Crippen LogP contribution < -0.4 is 30.3 Å². The van der Waals surface area contributed by atoms with Crippen LogP contribution in [0, 0.1) is 13.8 Å². The summed E-state index contributed by atoms with van der Waals surface area (Å²) in [4.78, 5) is 69.4. The summed E-state index contributed by atoms with van der Waals surface area (Å²) < 4.78 is 51.2. The number of aromatic nitrogens is 1. The second-order valence-corrected chi connectivity index (χ2v) is 18.5. The Bertz CT molecular complexity index is 2420. The van der Waals surface area contributed by atoms with Crippen molar-refractivity contribution in [2.24, 2.45) is 0 Å². The highest BCUT2D eigenvalue weighted by Crippen LogP contribution is 2.28. The number of carbonyl (C=O) groups excluding carboxylic acids is 5. The molecule has 17 nitrogen and oxygen atoms in total. The predicted octanol–water partition coefficient (Wildman–Crippen LogP) is 5.62. The fourth-order valence-electron chi connectivity index (χ4n) is 7.14. The van der Waals surface area contributed by atoms with Crippen LogP contribution in [0.15, 0.2) is 83.8 Å². The lowest BCUT2D eigenvalue weighted by Crippen LogP contribution is -2.49. The summed E-state index contributed by atoms with van der Waals surface area (Å²) in [6.45, 7) is 9.56. The molecule has 4 amide bonds. The first-order chi connectivity index (χ1) is 31.4. The molecule has 1 atom stereocenters. The molecule has 3 aromatic carbocycles. The molecule has 4 aromatic rings. The van der Waals surface area contributed by atoms with E-state index in [1.54, 1.807) is 43.0 Å². The molecule has 0 aliphatic carbocycles. The highest BCUT2D eigenvalue weighted by atomic mass is 32.2. The average Bonchev–Trinajstić information content (AvgIpc) is 3.28. The van der Waals surface area contributed by atoms with Gasteiger partial charge in [0.1, 0.15) is 29.8 Å². The van der Waals surface area contributed by atoms with Crippen LogP contribution in [-0.4, -0.2) is 94.9 Å². The van der Waals surface area contributed by atoms with Crippen LogP contribution >= 0.6 is 0 Å². The fraction of sp³-hybridized carbons (Fsp3) is 0.417. The van der Waals surface area contributed by atoms with Crippen molar-refractivity contribution < 1.29 is 51.3 Å². The topological polar surface area (TPSA) is 221 Å². The average molecular weight is 929 g/mol. The zero-order chi connectivity index (χ0) is 47.9. The molecule has 1 aliphatic rings. The minimum atomic E-state index is -4.30. The summed E-state index contributed by atoms with van der Waals surface area (Å²) in [5, 5.41) is 7.94. The van der Waals surface area contributed by atoms with Gasteiger partial charge in [-0.3, -0.25) is 19.3 Å². The number of alkyl carbamates (subject to hydrolysis) is 1. The Hall–Kier alpha value is -6.53. The van der Waals surface area contributed by atoms with Crippen LogP contribution in [0.5, 0.6) is 5.75 Å². The maximum atomic E-state index is 13.7. The third kappa shape index (κ3) is 15.3. The Morgan fingerprint density at radius 3 is 2.23 bits per heavy atom. The number of amides is 4. The van der Waals surface area contributed by atoms with Crippen molar-refractivity contribution in [3.63, 3.8) is 0 Å². The van der Waals surface area contributed by atoms with E-state index >= 15 is 0 Å². The Morgan fingerprint density at radius 1 is 0.848 bits per heavy atom. The molecule has 2 heterocycles. The van der Waals surface area contributed by atoms with Gasteiger partial charge in [0.15, 0.2) is 0 Å². The van der Waals surface area contributed by atoms with Crippen LogP contribution in [0.4, 0.5) is 15.4 Å². The number of sulfonamides is 1. The number of methoxy groups -OCH3 is 1. The number of ether oxygens (including phenoxy) is 4. The van der Waals surface area contributed by atoms with E-state index in [0.717, 1.165) is 42.3 Å². The number of nitrogens with zero attached hydrogens (tertiary/aromatic N) is 2. The SMILES string of the molecule is COC(=O)C(CNC(=O)c1ccc(CCc2ccc3c(n2)N(C(=O)OC(C)(C)C)CCC3)cc1)NS(=O)(=O)c1c(C)cc(OCCCC(=O)NCCNC(=O)OCc2ccccc2)cc1C. The number of hydrogen-bond acceptors (Lipinski definition) is 12. The van der Waals surface area contributed by atoms with E-state index in [9.17, 15) is 32.4 Å². The number of carbonyl (C=O) groups is 5. The number of hydrogen-bond donors (Lipinski definition) is 4. The smallest absolute Gasteiger partial charge is 0.416 e. The molecule has 0 fully saturated rings. The van der Waals surface area contributed by atoms with Crippen molar-refractivity contribution in [3.05, 3.63) is 118 Å². The molecule has 66 heavy (non-hydrogen) atoms. The number of rotatable bonds is 20. The molecule has 0 radical (unpaired) electrons. The van der Waals surface area contributed by atoms with Crippen molar-refractivity contribution in [1.29, 1.82) is 0 Å². The number of fused-ring (bicyclic) bond motifs is 1. The van der Waals surface area contributed by atoms with E-state index in [0.29, 0.717) is 54.1 Å². The Balaban J connectivity index is 1.06. The molecule has 4 N–H and O–H groups in total. The highest BCUT2D eigenvalue weighted by molar-refractivity contribution is 7.89. The van der Waals surface area contributed by atoms with Gasteiger partial charge in [-0.25, -0.2) is 23.0 Å². The van der Waals surface area contributed by atoms with E-state index in [-0.39, 0.29) is 50.1 Å². The first-order valence-corrected chi connectivity index (χ1v) is 23.3. The molecule has 0 saturated carbocycles. The van der Waals surface area contributed by atoms with Crippen molar-refractivity contribution >= 4 is 45.8 Å². The van der Waals surface area contributed by atoms with Crippen molar-refractivity contribution in [2.75, 3.05) is 44.8 Å². The van der Waals surface area contributed by atoms with Gasteiger partial charge in [-0.2, -0.15) is 4.72 Å². The summed E-state index contributed by atoms with van der Waals surface area (Å²) in [6.07, 6.45) is 2.40. The second-order valence-electron chi connectivity index (χ2n) is 16.8. The molecular formula is C48H60N6O11S. The largest absolute Gasteiger partial charge is 0.494 e. The lowest BCUT2D eigenvalue weighted by atomic mass is 10.0. The third-order valence-electron chi connectivity index (χ3n) is 10.3. The third-order valence-corrected chi connectivity index (χ3v) is 12.1. The van der Waals surface area contributed by atoms with Crippen LogP contribution in [-0.2, 0) is 59.7 Å². The van der Waals surface area contributed by atoms with Crippen LogP contribution in [0.1, 0.15) is 83.9 Å². The minimum absolute atomic E-state index is 0.0615. The number of benzene rings is 3. The zero-order valence-corrected chi connectivity index (χ0v) is 39.2. The number of pyridine rings is 1. The van der Waals surface area contributed by atoms with Gasteiger partial charge in [-0.05, 0) is 125 Å². The van der Waals surface area contributed by atoms with E-state index in [1.165, 1.54) is 0 Å². The Morgan fingerprint density at radius 2 is 1.55 bits per heavy atom. The summed E-state index contributed by atoms with van der Waals surface area (Å²) in [5.74, 6) is -0.621. The first kappa shape index (κ1) is 50.5. The molecule has 5 rings (SSSR count). The number of esters is 1. The lowest BCUT2D eigenvalue weighted by Gasteiger charge is -2.31. The van der Waals surface area contributed by atoms with E-state index < -0.39 is 45.7 Å². The molecule has 354 valence electrons.